The summed E-state index contributed by atoms with van der Waals surface area (Å²) < 4.78 is 13.2. The number of para-hydroxylation sites is 2. The number of amides is 1. The van der Waals surface area contributed by atoms with E-state index in [0.717, 1.165) is 20.4 Å². The molecule has 30 heavy (non-hydrogen) atoms. The van der Waals surface area contributed by atoms with Crippen molar-refractivity contribution in [2.75, 3.05) is 11.5 Å². The minimum absolute atomic E-state index is 0.204. The quantitative estimate of drug-likeness (QED) is 0.340. The van der Waals surface area contributed by atoms with Crippen LogP contribution in [0.2, 0.25) is 0 Å². The molecule has 5 aromatic rings. The molecule has 0 saturated carbocycles. The first kappa shape index (κ1) is 18.8. The number of benzene rings is 2. The van der Waals surface area contributed by atoms with E-state index >= 15 is 0 Å². The minimum Gasteiger partial charge on any atom is -0.492 e. The summed E-state index contributed by atoms with van der Waals surface area (Å²) >= 11 is 2.82. The van der Waals surface area contributed by atoms with Gasteiger partial charge in [0.05, 0.1) is 34.3 Å². The lowest BCUT2D eigenvalue weighted by Gasteiger charge is -2.17. The number of carbonyl (C=O) groups is 1. The van der Waals surface area contributed by atoms with E-state index in [1.807, 2.05) is 55.5 Å². The fraction of sp³-hybridized carbons (Fsp3) is 0.136. The van der Waals surface area contributed by atoms with Gasteiger partial charge >= 0.3 is 0 Å². The molecule has 0 atom stereocenters. The van der Waals surface area contributed by atoms with Crippen molar-refractivity contribution in [2.24, 2.45) is 0 Å². The monoisotopic (exact) mass is 435 g/mol. The van der Waals surface area contributed by atoms with Gasteiger partial charge in [0.2, 0.25) is 0 Å². The summed E-state index contributed by atoms with van der Waals surface area (Å²) in [7, 11) is 0. The Labute approximate surface area is 180 Å². The van der Waals surface area contributed by atoms with E-state index < -0.39 is 0 Å². The number of nitrogens with zero attached hydrogens (tertiary/aromatic N) is 3. The Hall–Kier alpha value is -3.23. The fourth-order valence-corrected chi connectivity index (χ4v) is 5.06. The summed E-state index contributed by atoms with van der Waals surface area (Å²) in [5.74, 6) is 1.18. The van der Waals surface area contributed by atoms with E-state index in [-0.39, 0.29) is 12.5 Å². The number of rotatable bonds is 6. The molecule has 2 aromatic carbocycles. The van der Waals surface area contributed by atoms with Crippen molar-refractivity contribution >= 4 is 54.1 Å². The second-order valence-electron chi connectivity index (χ2n) is 6.49. The number of anilines is 1. The highest BCUT2D eigenvalue weighted by atomic mass is 32.1. The van der Waals surface area contributed by atoms with E-state index in [4.69, 9.17) is 14.1 Å². The third-order valence-corrected chi connectivity index (χ3v) is 6.59. The van der Waals surface area contributed by atoms with Gasteiger partial charge in [-0.15, -0.1) is 11.3 Å². The predicted molar refractivity (Wildman–Crippen MR) is 120 cm³/mol. The lowest BCUT2D eigenvalue weighted by atomic mass is 10.3. The number of fused-ring (bicyclic) bond motifs is 2. The first-order valence-electron chi connectivity index (χ1n) is 9.45. The fourth-order valence-electron chi connectivity index (χ4n) is 3.16. The number of thiazole rings is 2. The zero-order valence-corrected chi connectivity index (χ0v) is 17.7. The van der Waals surface area contributed by atoms with Crippen molar-refractivity contribution in [1.29, 1.82) is 0 Å². The molecule has 1 amide bonds. The molecule has 0 radical (unpaired) electrons. The molecule has 5 rings (SSSR count). The first-order valence-corrected chi connectivity index (χ1v) is 11.1. The van der Waals surface area contributed by atoms with Gasteiger partial charge in [-0.25, -0.2) is 9.97 Å². The van der Waals surface area contributed by atoms with Crippen LogP contribution in [-0.2, 0) is 6.54 Å². The third kappa shape index (κ3) is 3.44. The molecular formula is C22H17N3O3S2. The smallest absolute Gasteiger partial charge is 0.289 e. The molecular weight excluding hydrogens is 418 g/mol. The Morgan fingerprint density at radius 1 is 1.03 bits per heavy atom. The van der Waals surface area contributed by atoms with Crippen LogP contribution in [0.3, 0.4) is 0 Å². The maximum atomic E-state index is 13.5. The SMILES string of the molecule is CCOc1cccc2sc(N(Cc3ccco3)C(=O)c3nc4ccccc4s3)nc12. The molecule has 8 heteroatoms. The van der Waals surface area contributed by atoms with E-state index in [1.165, 1.54) is 22.7 Å². The van der Waals surface area contributed by atoms with Gasteiger partial charge in [-0.05, 0) is 43.3 Å². The highest BCUT2D eigenvalue weighted by molar-refractivity contribution is 7.23. The van der Waals surface area contributed by atoms with E-state index in [1.54, 1.807) is 17.2 Å². The molecule has 0 saturated heterocycles. The topological polar surface area (TPSA) is 68.5 Å². The molecule has 0 bridgehead atoms. The number of carbonyl (C=O) groups excluding carboxylic acids is 1. The number of hydrogen-bond acceptors (Lipinski definition) is 7. The number of aromatic nitrogens is 2. The van der Waals surface area contributed by atoms with Crippen LogP contribution in [0.5, 0.6) is 5.75 Å². The normalized spacial score (nSPS) is 11.2. The van der Waals surface area contributed by atoms with Crippen LogP contribution in [0.15, 0.2) is 65.3 Å². The molecule has 0 N–H and O–H groups in total. The Kier molecular flexibility index (Phi) is 4.94. The van der Waals surface area contributed by atoms with Crippen LogP contribution in [0.25, 0.3) is 20.4 Å². The van der Waals surface area contributed by atoms with Crippen LogP contribution in [-0.4, -0.2) is 22.5 Å². The van der Waals surface area contributed by atoms with E-state index in [0.29, 0.717) is 28.3 Å². The molecule has 3 aromatic heterocycles. The van der Waals surface area contributed by atoms with Crippen molar-refractivity contribution in [3.8, 4) is 5.75 Å². The Morgan fingerprint density at radius 2 is 1.90 bits per heavy atom. The van der Waals surface area contributed by atoms with Crippen LogP contribution < -0.4 is 9.64 Å². The molecule has 3 heterocycles. The van der Waals surface area contributed by atoms with Gasteiger partial charge < -0.3 is 9.15 Å². The number of ether oxygens (including phenoxy) is 1. The molecule has 0 spiro atoms. The van der Waals surface area contributed by atoms with Crippen LogP contribution in [0, 0.1) is 0 Å². The molecule has 150 valence electrons. The van der Waals surface area contributed by atoms with Crippen LogP contribution in [0.1, 0.15) is 22.5 Å². The van der Waals surface area contributed by atoms with Gasteiger partial charge in [0.15, 0.2) is 10.1 Å². The zero-order valence-electron chi connectivity index (χ0n) is 16.1. The standard InChI is InChI=1S/C22H17N3O3S2/c1-2-27-16-9-5-11-18-19(16)24-22(30-18)25(13-14-7-6-12-28-14)21(26)20-23-15-8-3-4-10-17(15)29-20/h3-12H,2,13H2,1H3. The molecule has 0 aliphatic rings. The average Bonchev–Trinajstić information content (AvgIpc) is 3.50. The lowest BCUT2D eigenvalue weighted by Crippen LogP contribution is -2.30. The van der Waals surface area contributed by atoms with Gasteiger partial charge in [0.25, 0.3) is 5.91 Å². The van der Waals surface area contributed by atoms with Crippen molar-refractivity contribution in [1.82, 2.24) is 9.97 Å². The Morgan fingerprint density at radius 3 is 2.70 bits per heavy atom. The Balaban J connectivity index is 1.59. The number of hydrogen-bond donors (Lipinski definition) is 0. The molecule has 0 aliphatic carbocycles. The summed E-state index contributed by atoms with van der Waals surface area (Å²) in [6.07, 6.45) is 1.60. The van der Waals surface area contributed by atoms with Gasteiger partial charge in [-0.2, -0.15) is 0 Å². The van der Waals surface area contributed by atoms with Crippen molar-refractivity contribution < 1.29 is 13.9 Å². The summed E-state index contributed by atoms with van der Waals surface area (Å²) in [5.41, 5.74) is 1.56. The summed E-state index contributed by atoms with van der Waals surface area (Å²) in [4.78, 5) is 24.4. The van der Waals surface area contributed by atoms with Gasteiger partial charge in [0, 0.05) is 0 Å². The molecule has 6 nitrogen and oxygen atoms in total. The van der Waals surface area contributed by atoms with Crippen LogP contribution in [0.4, 0.5) is 5.13 Å². The molecule has 0 aliphatic heterocycles. The highest BCUT2D eigenvalue weighted by Crippen LogP contribution is 2.36. The zero-order chi connectivity index (χ0) is 20.5. The summed E-state index contributed by atoms with van der Waals surface area (Å²) in [5, 5.41) is 1.00. The summed E-state index contributed by atoms with van der Waals surface area (Å²) in [6, 6.07) is 17.2. The van der Waals surface area contributed by atoms with Crippen molar-refractivity contribution in [2.45, 2.75) is 13.5 Å². The van der Waals surface area contributed by atoms with Crippen LogP contribution >= 0.6 is 22.7 Å². The van der Waals surface area contributed by atoms with Gasteiger partial charge in [-0.1, -0.05) is 29.5 Å². The van der Waals surface area contributed by atoms with Crippen molar-refractivity contribution in [3.05, 3.63) is 71.6 Å². The van der Waals surface area contributed by atoms with E-state index in [2.05, 4.69) is 4.98 Å². The molecule has 0 fully saturated rings. The van der Waals surface area contributed by atoms with Gasteiger partial charge in [-0.3, -0.25) is 9.69 Å². The maximum Gasteiger partial charge on any atom is 0.289 e. The summed E-state index contributed by atoms with van der Waals surface area (Å²) in [6.45, 7) is 2.75. The Bertz CT molecular complexity index is 1290. The second-order valence-corrected chi connectivity index (χ2v) is 8.53. The predicted octanol–water partition coefficient (Wildman–Crippen LogP) is 5.74. The largest absolute Gasteiger partial charge is 0.492 e. The first-order chi connectivity index (χ1) is 14.7. The number of furan rings is 1. The van der Waals surface area contributed by atoms with Crippen molar-refractivity contribution in [3.63, 3.8) is 0 Å². The lowest BCUT2D eigenvalue weighted by molar-refractivity contribution is 0.0983. The average molecular weight is 436 g/mol. The minimum atomic E-state index is -0.204. The maximum absolute atomic E-state index is 13.5. The highest BCUT2D eigenvalue weighted by Gasteiger charge is 2.26. The van der Waals surface area contributed by atoms with Gasteiger partial charge in [0.1, 0.15) is 17.0 Å². The molecule has 0 unspecified atom stereocenters. The van der Waals surface area contributed by atoms with E-state index in [9.17, 15) is 4.79 Å². The third-order valence-electron chi connectivity index (χ3n) is 4.52. The second kappa shape index (κ2) is 7.89.